The van der Waals surface area contributed by atoms with E-state index in [2.05, 4.69) is 64.3 Å². The smallest absolute Gasteiger partial charge is 0.0238 e. The average molecular weight is 297 g/mol. The number of piperazine rings is 1. The topological polar surface area (TPSA) is 15.3 Å². The number of rotatable bonds is 3. The molecular weight excluding hydrogens is 276 g/mol. The van der Waals surface area contributed by atoms with Gasteiger partial charge in [-0.2, -0.15) is 0 Å². The van der Waals surface area contributed by atoms with Gasteiger partial charge < -0.3 is 5.32 Å². The molecule has 1 saturated heterocycles. The monoisotopic (exact) mass is 296 g/mol. The Morgan fingerprint density at radius 3 is 3.00 bits per heavy atom. The van der Waals surface area contributed by atoms with Gasteiger partial charge >= 0.3 is 0 Å². The van der Waals surface area contributed by atoms with E-state index in [1.807, 2.05) is 0 Å². The van der Waals surface area contributed by atoms with Crippen molar-refractivity contribution in [3.63, 3.8) is 0 Å². The maximum absolute atomic E-state index is 3.59. The van der Waals surface area contributed by atoms with Crippen molar-refractivity contribution in [2.24, 2.45) is 0 Å². The Balaban J connectivity index is 2.01. The van der Waals surface area contributed by atoms with Gasteiger partial charge in [0.05, 0.1) is 0 Å². The highest BCUT2D eigenvalue weighted by molar-refractivity contribution is 9.10. The SMILES string of the molecule is CCC1CN(Cc2cccc(Br)c2)C(C)CN1. The number of benzene rings is 1. The predicted molar refractivity (Wildman–Crippen MR) is 76.1 cm³/mol. The van der Waals surface area contributed by atoms with Gasteiger partial charge in [0.2, 0.25) is 0 Å². The lowest BCUT2D eigenvalue weighted by molar-refractivity contribution is 0.131. The lowest BCUT2D eigenvalue weighted by Crippen LogP contribution is -2.54. The second-order valence-electron chi connectivity index (χ2n) is 4.92. The molecule has 0 bridgehead atoms. The summed E-state index contributed by atoms with van der Waals surface area (Å²) in [4.78, 5) is 2.58. The van der Waals surface area contributed by atoms with Crippen LogP contribution in [-0.2, 0) is 6.54 Å². The molecule has 1 aromatic carbocycles. The molecular formula is C14H21BrN2. The molecule has 3 heteroatoms. The van der Waals surface area contributed by atoms with Crippen LogP contribution in [0.15, 0.2) is 28.7 Å². The molecule has 0 aromatic heterocycles. The summed E-state index contributed by atoms with van der Waals surface area (Å²) in [7, 11) is 0. The summed E-state index contributed by atoms with van der Waals surface area (Å²) in [6, 6.07) is 9.90. The van der Waals surface area contributed by atoms with Crippen molar-refractivity contribution >= 4 is 15.9 Å². The van der Waals surface area contributed by atoms with Crippen LogP contribution in [0.3, 0.4) is 0 Å². The van der Waals surface area contributed by atoms with Crippen molar-refractivity contribution in [2.75, 3.05) is 13.1 Å². The fourth-order valence-electron chi connectivity index (χ4n) is 2.36. The molecule has 0 radical (unpaired) electrons. The van der Waals surface area contributed by atoms with Gasteiger partial charge in [-0.3, -0.25) is 4.90 Å². The average Bonchev–Trinajstić information content (AvgIpc) is 2.32. The number of nitrogens with one attached hydrogen (secondary N) is 1. The first-order valence-electron chi connectivity index (χ1n) is 6.41. The second kappa shape index (κ2) is 5.98. The molecule has 0 spiro atoms. The molecule has 17 heavy (non-hydrogen) atoms. The molecule has 2 atom stereocenters. The summed E-state index contributed by atoms with van der Waals surface area (Å²) < 4.78 is 1.17. The van der Waals surface area contributed by atoms with Crippen LogP contribution in [0.1, 0.15) is 25.8 Å². The van der Waals surface area contributed by atoms with Gasteiger partial charge in [0, 0.05) is 36.2 Å². The lowest BCUT2D eigenvalue weighted by Gasteiger charge is -2.38. The van der Waals surface area contributed by atoms with Gasteiger partial charge in [-0.05, 0) is 31.0 Å². The highest BCUT2D eigenvalue weighted by Crippen LogP contribution is 2.17. The lowest BCUT2D eigenvalue weighted by atomic mass is 10.1. The van der Waals surface area contributed by atoms with Crippen molar-refractivity contribution in [1.82, 2.24) is 10.2 Å². The zero-order valence-electron chi connectivity index (χ0n) is 10.6. The van der Waals surface area contributed by atoms with E-state index in [0.29, 0.717) is 12.1 Å². The number of halogens is 1. The summed E-state index contributed by atoms with van der Waals surface area (Å²) in [6.07, 6.45) is 1.21. The molecule has 0 aliphatic carbocycles. The third-order valence-electron chi connectivity index (χ3n) is 3.55. The molecule has 1 fully saturated rings. The molecule has 94 valence electrons. The van der Waals surface area contributed by atoms with Crippen molar-refractivity contribution < 1.29 is 0 Å². The molecule has 2 rings (SSSR count). The third-order valence-corrected chi connectivity index (χ3v) is 4.04. The Bertz CT molecular complexity index is 367. The largest absolute Gasteiger partial charge is 0.311 e. The van der Waals surface area contributed by atoms with Gasteiger partial charge in [0.1, 0.15) is 0 Å². The van der Waals surface area contributed by atoms with Gasteiger partial charge in [0.25, 0.3) is 0 Å². The van der Waals surface area contributed by atoms with E-state index in [-0.39, 0.29) is 0 Å². The summed E-state index contributed by atoms with van der Waals surface area (Å²) in [5.74, 6) is 0. The van der Waals surface area contributed by atoms with E-state index in [0.717, 1.165) is 19.6 Å². The maximum Gasteiger partial charge on any atom is 0.0238 e. The molecule has 1 heterocycles. The van der Waals surface area contributed by atoms with Crippen LogP contribution in [-0.4, -0.2) is 30.1 Å². The first-order chi connectivity index (χ1) is 8.19. The zero-order valence-corrected chi connectivity index (χ0v) is 12.2. The van der Waals surface area contributed by atoms with Gasteiger partial charge in [-0.25, -0.2) is 0 Å². The number of hydrogen-bond donors (Lipinski definition) is 1. The molecule has 0 amide bonds. The Labute approximate surface area is 113 Å². The summed E-state index contributed by atoms with van der Waals surface area (Å²) >= 11 is 3.54. The van der Waals surface area contributed by atoms with Crippen molar-refractivity contribution in [3.8, 4) is 0 Å². The predicted octanol–water partition coefficient (Wildman–Crippen LogP) is 3.02. The molecule has 2 unspecified atom stereocenters. The third kappa shape index (κ3) is 3.54. The van der Waals surface area contributed by atoms with Crippen molar-refractivity contribution in [2.45, 2.75) is 38.9 Å². The molecule has 2 nitrogen and oxygen atoms in total. The first-order valence-corrected chi connectivity index (χ1v) is 7.20. The molecule has 0 saturated carbocycles. The molecule has 1 aliphatic rings. The molecule has 1 aromatic rings. The molecule has 1 aliphatic heterocycles. The highest BCUT2D eigenvalue weighted by Gasteiger charge is 2.23. The van der Waals surface area contributed by atoms with Crippen LogP contribution in [0.4, 0.5) is 0 Å². The maximum atomic E-state index is 3.59. The second-order valence-corrected chi connectivity index (χ2v) is 5.84. The Morgan fingerprint density at radius 2 is 2.29 bits per heavy atom. The molecule has 1 N–H and O–H groups in total. The van der Waals surface area contributed by atoms with Crippen LogP contribution >= 0.6 is 15.9 Å². The van der Waals surface area contributed by atoms with Crippen molar-refractivity contribution in [3.05, 3.63) is 34.3 Å². The summed E-state index contributed by atoms with van der Waals surface area (Å²) in [5.41, 5.74) is 1.39. The fraction of sp³-hybridized carbons (Fsp3) is 0.571. The van der Waals surface area contributed by atoms with E-state index in [1.54, 1.807) is 0 Å². The minimum Gasteiger partial charge on any atom is -0.311 e. The van der Waals surface area contributed by atoms with Crippen LogP contribution in [0.2, 0.25) is 0 Å². The first kappa shape index (κ1) is 13.1. The van der Waals surface area contributed by atoms with Crippen LogP contribution in [0.25, 0.3) is 0 Å². The normalized spacial score (nSPS) is 26.1. The van der Waals surface area contributed by atoms with Crippen LogP contribution in [0, 0.1) is 0 Å². The van der Waals surface area contributed by atoms with E-state index < -0.39 is 0 Å². The number of nitrogens with zero attached hydrogens (tertiary/aromatic N) is 1. The van der Waals surface area contributed by atoms with Crippen molar-refractivity contribution in [1.29, 1.82) is 0 Å². The minimum absolute atomic E-state index is 0.622. The van der Waals surface area contributed by atoms with E-state index in [1.165, 1.54) is 16.5 Å². The standard InChI is InChI=1S/C14H21BrN2/c1-3-14-10-17(11(2)8-16-14)9-12-5-4-6-13(15)7-12/h4-7,11,14,16H,3,8-10H2,1-2H3. The Kier molecular flexibility index (Phi) is 4.60. The summed E-state index contributed by atoms with van der Waals surface area (Å²) in [6.45, 7) is 7.87. The van der Waals surface area contributed by atoms with Gasteiger partial charge in [-0.15, -0.1) is 0 Å². The van der Waals surface area contributed by atoms with Gasteiger partial charge in [-0.1, -0.05) is 35.0 Å². The van der Waals surface area contributed by atoms with Gasteiger partial charge in [0.15, 0.2) is 0 Å². The zero-order chi connectivity index (χ0) is 12.3. The highest BCUT2D eigenvalue weighted by atomic mass is 79.9. The number of hydrogen-bond acceptors (Lipinski definition) is 2. The Hall–Kier alpha value is -0.380. The van der Waals surface area contributed by atoms with E-state index in [9.17, 15) is 0 Å². The fourth-order valence-corrected chi connectivity index (χ4v) is 2.80. The van der Waals surface area contributed by atoms with E-state index in [4.69, 9.17) is 0 Å². The summed E-state index contributed by atoms with van der Waals surface area (Å²) in [5, 5.41) is 3.59. The quantitative estimate of drug-likeness (QED) is 0.922. The minimum atomic E-state index is 0.622. The Morgan fingerprint density at radius 1 is 1.47 bits per heavy atom. The van der Waals surface area contributed by atoms with E-state index >= 15 is 0 Å². The van der Waals surface area contributed by atoms with Crippen LogP contribution in [0.5, 0.6) is 0 Å². The van der Waals surface area contributed by atoms with Crippen LogP contribution < -0.4 is 5.32 Å².